The Balaban J connectivity index is 1.99. The fraction of sp³-hybridized carbons (Fsp3) is 0.593. The Morgan fingerprint density at radius 1 is 1.11 bits per heavy atom. The summed E-state index contributed by atoms with van der Waals surface area (Å²) >= 11 is 6.09. The molecule has 0 aliphatic carbocycles. The number of piperidine rings is 1. The molecular weight excluding hydrogens is 521 g/mol. The van der Waals surface area contributed by atoms with E-state index in [9.17, 15) is 18.0 Å². The number of alkyl halides is 3. The van der Waals surface area contributed by atoms with Gasteiger partial charge < -0.3 is 19.3 Å². The molecule has 1 aromatic heterocycles. The van der Waals surface area contributed by atoms with Gasteiger partial charge in [-0.05, 0) is 70.2 Å². The summed E-state index contributed by atoms with van der Waals surface area (Å²) in [6.07, 6.45) is 0.584. The van der Waals surface area contributed by atoms with Gasteiger partial charge in [-0.3, -0.25) is 0 Å². The molecule has 2 heterocycles. The zero-order valence-electron chi connectivity index (χ0n) is 22.5. The summed E-state index contributed by atoms with van der Waals surface area (Å²) in [4.78, 5) is 25.7. The molecule has 1 aliphatic heterocycles. The summed E-state index contributed by atoms with van der Waals surface area (Å²) in [5.41, 5.74) is -0.415. The highest BCUT2D eigenvalue weighted by atomic mass is 35.5. The SMILES string of the molecule is CCOc1cnc(N(Cc2cc(Cl)cc(C(F)(F)F)c2)C2C[C@@H](CC)N(C(=O)OC(C)C)[C@@H](CC)C2)nc1. The topological polar surface area (TPSA) is 67.8 Å². The van der Waals surface area contributed by atoms with Crippen LogP contribution in [0.4, 0.5) is 23.9 Å². The maximum atomic E-state index is 13.5. The summed E-state index contributed by atoms with van der Waals surface area (Å²) in [6, 6.07) is 3.20. The van der Waals surface area contributed by atoms with Gasteiger partial charge in [-0.25, -0.2) is 14.8 Å². The van der Waals surface area contributed by atoms with Crippen LogP contribution in [0.25, 0.3) is 0 Å². The van der Waals surface area contributed by atoms with E-state index in [0.29, 0.717) is 49.6 Å². The average molecular weight is 557 g/mol. The molecule has 0 saturated carbocycles. The highest BCUT2D eigenvalue weighted by Crippen LogP contribution is 2.35. The Bertz CT molecular complexity index is 1050. The summed E-state index contributed by atoms with van der Waals surface area (Å²) in [5.74, 6) is 0.873. The number of hydrogen-bond donors (Lipinski definition) is 0. The number of aromatic nitrogens is 2. The van der Waals surface area contributed by atoms with Crippen LogP contribution in [0, 0.1) is 0 Å². The number of benzene rings is 1. The second-order valence-electron chi connectivity index (χ2n) is 9.71. The number of likely N-dealkylation sites (tertiary alicyclic amines) is 1. The Morgan fingerprint density at radius 3 is 2.21 bits per heavy atom. The van der Waals surface area contributed by atoms with Gasteiger partial charge in [-0.1, -0.05) is 25.4 Å². The molecule has 0 radical (unpaired) electrons. The van der Waals surface area contributed by atoms with Crippen molar-refractivity contribution in [3.05, 3.63) is 46.7 Å². The van der Waals surface area contributed by atoms with Crippen LogP contribution in [-0.4, -0.2) is 51.8 Å². The largest absolute Gasteiger partial charge is 0.491 e. The first-order valence-corrected chi connectivity index (χ1v) is 13.4. The minimum Gasteiger partial charge on any atom is -0.491 e. The van der Waals surface area contributed by atoms with Crippen molar-refractivity contribution < 1.29 is 27.4 Å². The summed E-state index contributed by atoms with van der Waals surface area (Å²) in [6.45, 7) is 10.1. The lowest BCUT2D eigenvalue weighted by Gasteiger charge is -2.47. The molecule has 11 heteroatoms. The zero-order valence-corrected chi connectivity index (χ0v) is 23.2. The van der Waals surface area contributed by atoms with Crippen molar-refractivity contribution in [3.8, 4) is 5.75 Å². The standard InChI is InChI=1S/C27H36ClF3N4O3/c1-6-21-12-23(13-22(7-2)35(21)26(36)38-17(4)5)34(25-32-14-24(15-33-25)37-8-3)16-18-9-19(27(29,30)31)11-20(28)10-18/h9-11,14-15,17,21-23H,6-8,12-13,16H2,1-5H3/t21-,22+,23?. The number of rotatable bonds is 9. The van der Waals surface area contributed by atoms with Crippen molar-refractivity contribution in [2.75, 3.05) is 11.5 Å². The number of ether oxygens (including phenoxy) is 2. The van der Waals surface area contributed by atoms with E-state index in [1.807, 2.05) is 44.4 Å². The van der Waals surface area contributed by atoms with E-state index >= 15 is 0 Å². The van der Waals surface area contributed by atoms with E-state index in [0.717, 1.165) is 12.1 Å². The minimum atomic E-state index is -4.52. The van der Waals surface area contributed by atoms with Gasteiger partial charge in [-0.15, -0.1) is 0 Å². The maximum Gasteiger partial charge on any atom is 0.416 e. The van der Waals surface area contributed by atoms with Gasteiger partial charge in [0.2, 0.25) is 5.95 Å². The first-order valence-electron chi connectivity index (χ1n) is 13.0. The van der Waals surface area contributed by atoms with Gasteiger partial charge in [0.05, 0.1) is 30.7 Å². The Hall–Kier alpha value is -2.75. The summed E-state index contributed by atoms with van der Waals surface area (Å²) < 4.78 is 51.6. The predicted molar refractivity (Wildman–Crippen MR) is 140 cm³/mol. The normalized spacial score (nSPS) is 19.9. The van der Waals surface area contributed by atoms with E-state index in [2.05, 4.69) is 9.97 Å². The summed E-state index contributed by atoms with van der Waals surface area (Å²) in [5, 5.41) is 0.00602. The third-order valence-corrected chi connectivity index (χ3v) is 6.84. The van der Waals surface area contributed by atoms with E-state index in [1.54, 1.807) is 12.4 Å². The predicted octanol–water partition coefficient (Wildman–Crippen LogP) is 7.12. The zero-order chi connectivity index (χ0) is 28.0. The van der Waals surface area contributed by atoms with Crippen LogP contribution in [0.5, 0.6) is 5.75 Å². The van der Waals surface area contributed by atoms with Gasteiger partial charge in [0.15, 0.2) is 5.75 Å². The summed E-state index contributed by atoms with van der Waals surface area (Å²) in [7, 11) is 0. The Kier molecular flexibility index (Phi) is 10.1. The van der Waals surface area contributed by atoms with Crippen molar-refractivity contribution >= 4 is 23.6 Å². The number of anilines is 1. The van der Waals surface area contributed by atoms with E-state index < -0.39 is 11.7 Å². The molecule has 1 aliphatic rings. The number of halogens is 4. The quantitative estimate of drug-likeness (QED) is 0.327. The molecular formula is C27H36ClF3N4O3. The molecule has 7 nitrogen and oxygen atoms in total. The molecule has 1 saturated heterocycles. The first kappa shape index (κ1) is 29.8. The van der Waals surface area contributed by atoms with Crippen LogP contribution in [-0.2, 0) is 17.5 Å². The molecule has 0 spiro atoms. The Labute approximate surface area is 227 Å². The van der Waals surface area contributed by atoms with Gasteiger partial charge in [-0.2, -0.15) is 13.2 Å². The fourth-order valence-corrected chi connectivity index (χ4v) is 5.21. The molecule has 1 fully saturated rings. The van der Waals surface area contributed by atoms with Crippen LogP contribution >= 0.6 is 11.6 Å². The van der Waals surface area contributed by atoms with Crippen molar-refractivity contribution in [3.63, 3.8) is 0 Å². The van der Waals surface area contributed by atoms with Gasteiger partial charge in [0, 0.05) is 29.7 Å². The van der Waals surface area contributed by atoms with Gasteiger partial charge >= 0.3 is 12.3 Å². The smallest absolute Gasteiger partial charge is 0.416 e. The molecule has 38 heavy (non-hydrogen) atoms. The van der Waals surface area contributed by atoms with Crippen LogP contribution in [0.2, 0.25) is 5.02 Å². The third-order valence-electron chi connectivity index (χ3n) is 6.63. The maximum absolute atomic E-state index is 13.5. The van der Waals surface area contributed by atoms with Gasteiger partial charge in [0.1, 0.15) is 0 Å². The van der Waals surface area contributed by atoms with E-state index in [4.69, 9.17) is 21.1 Å². The lowest BCUT2D eigenvalue weighted by Crippen LogP contribution is -2.57. The first-order chi connectivity index (χ1) is 18.0. The lowest BCUT2D eigenvalue weighted by molar-refractivity contribution is -0.137. The molecule has 0 N–H and O–H groups in total. The minimum absolute atomic E-state index is 0.00602. The van der Waals surface area contributed by atoms with E-state index in [-0.39, 0.29) is 41.9 Å². The number of carbonyl (C=O) groups excluding carboxylic acids is 1. The third kappa shape index (κ3) is 7.42. The van der Waals surface area contributed by atoms with Crippen LogP contribution in [0.15, 0.2) is 30.6 Å². The number of hydrogen-bond acceptors (Lipinski definition) is 6. The van der Waals surface area contributed by atoms with Crippen molar-refractivity contribution in [1.82, 2.24) is 14.9 Å². The lowest BCUT2D eigenvalue weighted by atomic mass is 9.87. The number of amides is 1. The van der Waals surface area contributed by atoms with Crippen LogP contribution < -0.4 is 9.64 Å². The molecule has 1 amide bonds. The molecule has 1 unspecified atom stereocenters. The number of nitrogens with zero attached hydrogens (tertiary/aromatic N) is 4. The molecule has 2 aromatic rings. The average Bonchev–Trinajstić information content (AvgIpc) is 2.86. The fourth-order valence-electron chi connectivity index (χ4n) is 4.96. The van der Waals surface area contributed by atoms with Crippen molar-refractivity contribution in [2.45, 2.75) is 97.3 Å². The molecule has 3 rings (SSSR count). The highest BCUT2D eigenvalue weighted by Gasteiger charge is 2.41. The second-order valence-corrected chi connectivity index (χ2v) is 10.2. The van der Waals surface area contributed by atoms with E-state index in [1.165, 1.54) is 6.07 Å². The number of carbonyl (C=O) groups is 1. The second kappa shape index (κ2) is 12.9. The monoisotopic (exact) mass is 556 g/mol. The van der Waals surface area contributed by atoms with Crippen LogP contribution in [0.1, 0.15) is 71.4 Å². The molecule has 3 atom stereocenters. The van der Waals surface area contributed by atoms with Crippen molar-refractivity contribution in [2.24, 2.45) is 0 Å². The van der Waals surface area contributed by atoms with Crippen LogP contribution in [0.3, 0.4) is 0 Å². The molecule has 210 valence electrons. The van der Waals surface area contributed by atoms with Gasteiger partial charge in [0.25, 0.3) is 0 Å². The molecule has 0 bridgehead atoms. The van der Waals surface area contributed by atoms with Crippen molar-refractivity contribution in [1.29, 1.82) is 0 Å². The Morgan fingerprint density at radius 2 is 1.71 bits per heavy atom. The highest BCUT2D eigenvalue weighted by molar-refractivity contribution is 6.30. The molecule has 1 aromatic carbocycles.